The van der Waals surface area contributed by atoms with E-state index in [1.54, 1.807) is 24.3 Å². The lowest BCUT2D eigenvalue weighted by Gasteiger charge is -2.14. The van der Waals surface area contributed by atoms with Crippen molar-refractivity contribution in [2.75, 3.05) is 38.2 Å². The molecule has 0 fully saturated rings. The zero-order chi connectivity index (χ0) is 22.3. The summed E-state index contributed by atoms with van der Waals surface area (Å²) in [5, 5.41) is 6.52. The highest BCUT2D eigenvalue weighted by molar-refractivity contribution is 6.21. The van der Waals surface area contributed by atoms with E-state index in [1.807, 2.05) is 25.1 Å². The molecular formula is C24H28N4O4. The summed E-state index contributed by atoms with van der Waals surface area (Å²) in [6, 6.07) is 12.7. The number of guanidine groups is 1. The van der Waals surface area contributed by atoms with Gasteiger partial charge in [0.25, 0.3) is 11.8 Å². The Balaban J connectivity index is 1.29. The Morgan fingerprint density at radius 2 is 1.72 bits per heavy atom. The molecule has 8 heteroatoms. The molecule has 0 saturated heterocycles. The lowest BCUT2D eigenvalue weighted by atomic mass is 10.1. The Bertz CT molecular complexity index is 986. The SMILES string of the molecule is CCNC(=NCCCCN1C(=O)c2ccccc2C1=O)Nc1ccc2c(c1)OCCCO2. The number of carbonyl (C=O) groups is 2. The zero-order valence-electron chi connectivity index (χ0n) is 18.2. The normalized spacial score (nSPS) is 15.4. The number of fused-ring (bicyclic) bond motifs is 2. The molecule has 8 nitrogen and oxygen atoms in total. The van der Waals surface area contributed by atoms with Crippen molar-refractivity contribution in [3.8, 4) is 11.5 Å². The van der Waals surface area contributed by atoms with Gasteiger partial charge in [-0.1, -0.05) is 12.1 Å². The summed E-state index contributed by atoms with van der Waals surface area (Å²) in [6.45, 7) is 5.00. The van der Waals surface area contributed by atoms with Crippen molar-refractivity contribution in [2.45, 2.75) is 26.2 Å². The average Bonchev–Trinajstić information content (AvgIpc) is 2.95. The monoisotopic (exact) mass is 436 g/mol. The van der Waals surface area contributed by atoms with Crippen LogP contribution >= 0.6 is 0 Å². The van der Waals surface area contributed by atoms with Crippen molar-refractivity contribution in [1.82, 2.24) is 10.2 Å². The first-order valence-corrected chi connectivity index (χ1v) is 11.1. The molecule has 32 heavy (non-hydrogen) atoms. The molecule has 2 aromatic carbocycles. The first-order valence-electron chi connectivity index (χ1n) is 11.1. The summed E-state index contributed by atoms with van der Waals surface area (Å²) in [5.41, 5.74) is 1.84. The van der Waals surface area contributed by atoms with Gasteiger partial charge >= 0.3 is 0 Å². The van der Waals surface area contributed by atoms with Gasteiger partial charge in [-0.2, -0.15) is 0 Å². The number of nitrogens with one attached hydrogen (secondary N) is 2. The molecule has 2 aliphatic rings. The molecule has 168 valence electrons. The van der Waals surface area contributed by atoms with Gasteiger partial charge in [-0.15, -0.1) is 0 Å². The van der Waals surface area contributed by atoms with E-state index in [1.165, 1.54) is 4.90 Å². The fraction of sp³-hybridized carbons (Fsp3) is 0.375. The molecule has 2 heterocycles. The molecule has 0 atom stereocenters. The minimum atomic E-state index is -0.210. The number of nitrogens with zero attached hydrogens (tertiary/aromatic N) is 2. The van der Waals surface area contributed by atoms with Crippen molar-refractivity contribution in [3.63, 3.8) is 0 Å². The predicted molar refractivity (Wildman–Crippen MR) is 123 cm³/mol. The van der Waals surface area contributed by atoms with Gasteiger partial charge in [-0.05, 0) is 44.0 Å². The second-order valence-corrected chi connectivity index (χ2v) is 7.61. The maximum Gasteiger partial charge on any atom is 0.261 e. The zero-order valence-corrected chi connectivity index (χ0v) is 18.2. The van der Waals surface area contributed by atoms with E-state index in [4.69, 9.17) is 9.47 Å². The Labute approximate surface area is 187 Å². The van der Waals surface area contributed by atoms with Gasteiger partial charge in [0.15, 0.2) is 17.5 Å². The maximum atomic E-state index is 12.4. The second kappa shape index (κ2) is 10.2. The van der Waals surface area contributed by atoms with Crippen LogP contribution in [0, 0.1) is 0 Å². The molecular weight excluding hydrogens is 408 g/mol. The average molecular weight is 437 g/mol. The van der Waals surface area contributed by atoms with E-state index in [2.05, 4.69) is 15.6 Å². The summed E-state index contributed by atoms with van der Waals surface area (Å²) < 4.78 is 11.4. The van der Waals surface area contributed by atoms with Crippen LogP contribution in [0.25, 0.3) is 0 Å². The molecule has 0 aromatic heterocycles. The van der Waals surface area contributed by atoms with Gasteiger partial charge in [0.2, 0.25) is 0 Å². The second-order valence-electron chi connectivity index (χ2n) is 7.61. The number of unbranched alkanes of at least 4 members (excludes halogenated alkanes) is 1. The van der Waals surface area contributed by atoms with Gasteiger partial charge < -0.3 is 20.1 Å². The van der Waals surface area contributed by atoms with Crippen molar-refractivity contribution in [1.29, 1.82) is 0 Å². The molecule has 0 unspecified atom stereocenters. The van der Waals surface area contributed by atoms with Crippen LogP contribution in [0.15, 0.2) is 47.5 Å². The number of aliphatic imine (C=N–C) groups is 1. The van der Waals surface area contributed by atoms with Gasteiger partial charge in [-0.25, -0.2) is 0 Å². The van der Waals surface area contributed by atoms with E-state index in [-0.39, 0.29) is 11.8 Å². The number of hydrogen-bond acceptors (Lipinski definition) is 5. The number of amides is 2. The Hall–Kier alpha value is -3.55. The topological polar surface area (TPSA) is 92.3 Å². The van der Waals surface area contributed by atoms with Crippen LogP contribution in [-0.2, 0) is 0 Å². The van der Waals surface area contributed by atoms with Crippen LogP contribution in [0.4, 0.5) is 5.69 Å². The highest BCUT2D eigenvalue weighted by Gasteiger charge is 2.34. The summed E-state index contributed by atoms with van der Waals surface area (Å²) in [5.74, 6) is 1.73. The Kier molecular flexibility index (Phi) is 6.89. The molecule has 2 N–H and O–H groups in total. The van der Waals surface area contributed by atoms with Crippen molar-refractivity contribution < 1.29 is 19.1 Å². The van der Waals surface area contributed by atoms with E-state index in [0.717, 1.165) is 36.6 Å². The fourth-order valence-corrected chi connectivity index (χ4v) is 3.70. The number of ether oxygens (including phenoxy) is 2. The largest absolute Gasteiger partial charge is 0.490 e. The predicted octanol–water partition coefficient (Wildman–Crippen LogP) is 3.30. The molecule has 2 aromatic rings. The summed E-state index contributed by atoms with van der Waals surface area (Å²) >= 11 is 0. The number of rotatable bonds is 7. The highest BCUT2D eigenvalue weighted by Crippen LogP contribution is 2.32. The third-order valence-electron chi connectivity index (χ3n) is 5.29. The Morgan fingerprint density at radius 3 is 2.44 bits per heavy atom. The number of hydrogen-bond donors (Lipinski definition) is 2. The summed E-state index contributed by atoms with van der Waals surface area (Å²) in [6.07, 6.45) is 2.31. The molecule has 0 saturated carbocycles. The lowest BCUT2D eigenvalue weighted by molar-refractivity contribution is 0.0652. The van der Waals surface area contributed by atoms with E-state index >= 15 is 0 Å². The maximum absolute atomic E-state index is 12.4. The van der Waals surface area contributed by atoms with Crippen molar-refractivity contribution in [3.05, 3.63) is 53.6 Å². The smallest absolute Gasteiger partial charge is 0.261 e. The van der Waals surface area contributed by atoms with Crippen LogP contribution in [0.3, 0.4) is 0 Å². The van der Waals surface area contributed by atoms with E-state index in [9.17, 15) is 9.59 Å². The van der Waals surface area contributed by atoms with Gasteiger partial charge in [-0.3, -0.25) is 19.5 Å². The highest BCUT2D eigenvalue weighted by atomic mass is 16.5. The van der Waals surface area contributed by atoms with Gasteiger partial charge in [0.05, 0.1) is 24.3 Å². The van der Waals surface area contributed by atoms with Crippen LogP contribution in [0.2, 0.25) is 0 Å². The fourth-order valence-electron chi connectivity index (χ4n) is 3.70. The van der Waals surface area contributed by atoms with E-state index < -0.39 is 0 Å². The number of anilines is 1. The van der Waals surface area contributed by atoms with Crippen molar-refractivity contribution in [2.24, 2.45) is 4.99 Å². The first-order chi connectivity index (χ1) is 15.7. The molecule has 0 aliphatic carbocycles. The molecule has 2 aliphatic heterocycles. The van der Waals surface area contributed by atoms with Crippen LogP contribution in [-0.4, -0.2) is 55.5 Å². The molecule has 4 rings (SSSR count). The quantitative estimate of drug-likeness (QED) is 0.299. The molecule has 2 amide bonds. The Morgan fingerprint density at radius 1 is 1.00 bits per heavy atom. The third kappa shape index (κ3) is 4.85. The number of carbonyl (C=O) groups excluding carboxylic acids is 2. The summed E-state index contributed by atoms with van der Waals surface area (Å²) in [7, 11) is 0. The van der Waals surface area contributed by atoms with Crippen molar-refractivity contribution >= 4 is 23.5 Å². The first kappa shape index (κ1) is 21.7. The minimum Gasteiger partial charge on any atom is -0.490 e. The number of imide groups is 1. The standard InChI is InChI=1S/C24H28N4O4/c1-2-25-24(27-17-10-11-20-21(16-17)32-15-7-14-31-20)26-12-5-6-13-28-22(29)18-8-3-4-9-19(18)23(28)30/h3-4,8-11,16H,2,5-7,12-15H2,1H3,(H2,25,26,27). The molecule has 0 bridgehead atoms. The molecule has 0 spiro atoms. The number of benzene rings is 2. The minimum absolute atomic E-state index is 0.210. The van der Waals surface area contributed by atoms with Gasteiger partial charge in [0, 0.05) is 37.8 Å². The third-order valence-corrected chi connectivity index (χ3v) is 5.29. The summed E-state index contributed by atoms with van der Waals surface area (Å²) in [4.78, 5) is 30.8. The molecule has 0 radical (unpaired) electrons. The van der Waals surface area contributed by atoms with Crippen LogP contribution in [0.5, 0.6) is 11.5 Å². The van der Waals surface area contributed by atoms with Crippen LogP contribution in [0.1, 0.15) is 46.9 Å². The lowest BCUT2D eigenvalue weighted by Crippen LogP contribution is -2.31. The van der Waals surface area contributed by atoms with Gasteiger partial charge in [0.1, 0.15) is 0 Å². The van der Waals surface area contributed by atoms with E-state index in [0.29, 0.717) is 49.8 Å². The van der Waals surface area contributed by atoms with Crippen LogP contribution < -0.4 is 20.1 Å².